The van der Waals surface area contributed by atoms with Crippen molar-refractivity contribution in [1.29, 1.82) is 0 Å². The van der Waals surface area contributed by atoms with Gasteiger partial charge >= 0.3 is 0 Å². The Morgan fingerprint density at radius 3 is 2.62 bits per heavy atom. The molecule has 0 bridgehead atoms. The van der Waals surface area contributed by atoms with Crippen LogP contribution in [0.5, 0.6) is 0 Å². The maximum atomic E-state index is 12.4. The number of rotatable bonds is 6. The molecule has 1 aromatic heterocycles. The number of hydrogen-bond donors (Lipinski definition) is 2. The molecule has 2 aromatic rings. The summed E-state index contributed by atoms with van der Waals surface area (Å²) in [7, 11) is -1.63. The van der Waals surface area contributed by atoms with Crippen LogP contribution in [0.25, 0.3) is 0 Å². The second-order valence-corrected chi connectivity index (χ2v) is 8.00. The van der Waals surface area contributed by atoms with Crippen molar-refractivity contribution in [3.8, 4) is 0 Å². The van der Waals surface area contributed by atoms with Crippen LogP contribution in [0.1, 0.15) is 16.0 Å². The van der Waals surface area contributed by atoms with Crippen molar-refractivity contribution in [2.45, 2.75) is 24.5 Å². The Balaban J connectivity index is 2.22. The molecule has 6 heteroatoms. The molecule has 2 rings (SSSR count). The summed E-state index contributed by atoms with van der Waals surface area (Å²) in [6, 6.07) is 9.15. The maximum Gasteiger partial charge on any atom is 0.271 e. The first-order chi connectivity index (χ1) is 9.94. The molecule has 1 aromatic carbocycles. The molecule has 0 amide bonds. The van der Waals surface area contributed by atoms with Gasteiger partial charge in [0.15, 0.2) is 0 Å². The molecule has 2 N–H and O–H groups in total. The molecular formula is C15H20N2O2S2. The van der Waals surface area contributed by atoms with Gasteiger partial charge in [-0.05, 0) is 63.2 Å². The molecule has 0 fully saturated rings. The minimum absolute atomic E-state index is 0.356. The molecule has 0 radical (unpaired) electrons. The average molecular weight is 324 g/mol. The molecule has 1 heterocycles. The second kappa shape index (κ2) is 6.60. The smallest absolute Gasteiger partial charge is 0.271 e. The fourth-order valence-corrected chi connectivity index (χ4v) is 4.42. The third-order valence-electron chi connectivity index (χ3n) is 3.37. The minimum atomic E-state index is -3.51. The first-order valence-corrected chi connectivity index (χ1v) is 9.06. The summed E-state index contributed by atoms with van der Waals surface area (Å²) in [6.45, 7) is 4.72. The minimum Gasteiger partial charge on any atom is -0.319 e. The zero-order valence-electron chi connectivity index (χ0n) is 12.4. The number of sulfonamides is 1. The van der Waals surface area contributed by atoms with Gasteiger partial charge in [-0.3, -0.25) is 4.72 Å². The predicted molar refractivity (Wildman–Crippen MR) is 88.7 cm³/mol. The van der Waals surface area contributed by atoms with Crippen molar-refractivity contribution in [3.63, 3.8) is 0 Å². The molecule has 0 aliphatic carbocycles. The van der Waals surface area contributed by atoms with Gasteiger partial charge in [-0.2, -0.15) is 0 Å². The SMILES string of the molecule is CNCCc1ccc(S(=O)(=O)Nc2cccc(C)c2C)s1. The molecule has 0 saturated heterocycles. The lowest BCUT2D eigenvalue weighted by Gasteiger charge is -2.10. The van der Waals surface area contributed by atoms with E-state index in [0.717, 1.165) is 29.0 Å². The molecule has 0 aliphatic rings. The molecule has 0 saturated carbocycles. The van der Waals surface area contributed by atoms with Gasteiger partial charge < -0.3 is 5.32 Å². The van der Waals surface area contributed by atoms with Crippen LogP contribution in [-0.4, -0.2) is 22.0 Å². The molecule has 0 atom stereocenters. The molecule has 114 valence electrons. The first-order valence-electron chi connectivity index (χ1n) is 6.76. The lowest BCUT2D eigenvalue weighted by Crippen LogP contribution is -2.12. The van der Waals surface area contributed by atoms with E-state index < -0.39 is 10.0 Å². The Labute approximate surface area is 130 Å². The fraction of sp³-hybridized carbons (Fsp3) is 0.333. The zero-order valence-corrected chi connectivity index (χ0v) is 14.1. The van der Waals surface area contributed by atoms with E-state index in [4.69, 9.17) is 0 Å². The first kappa shape index (κ1) is 16.0. The molecule has 0 aliphatic heterocycles. The van der Waals surface area contributed by atoms with Gasteiger partial charge in [-0.15, -0.1) is 11.3 Å². The van der Waals surface area contributed by atoms with Crippen molar-refractivity contribution in [1.82, 2.24) is 5.32 Å². The van der Waals surface area contributed by atoms with E-state index in [0.29, 0.717) is 9.90 Å². The van der Waals surface area contributed by atoms with E-state index in [-0.39, 0.29) is 0 Å². The number of benzene rings is 1. The summed E-state index contributed by atoms with van der Waals surface area (Å²) in [5.74, 6) is 0. The zero-order chi connectivity index (χ0) is 15.5. The number of thiophene rings is 1. The van der Waals surface area contributed by atoms with Gasteiger partial charge in [-0.25, -0.2) is 8.42 Å². The Morgan fingerprint density at radius 1 is 1.14 bits per heavy atom. The predicted octanol–water partition coefficient (Wildman–Crippen LogP) is 2.93. The van der Waals surface area contributed by atoms with Gasteiger partial charge in [0, 0.05) is 4.88 Å². The van der Waals surface area contributed by atoms with Crippen molar-refractivity contribution in [2.24, 2.45) is 0 Å². The maximum absolute atomic E-state index is 12.4. The van der Waals surface area contributed by atoms with Crippen molar-refractivity contribution in [3.05, 3.63) is 46.3 Å². The van der Waals surface area contributed by atoms with Crippen LogP contribution in [0.15, 0.2) is 34.5 Å². The summed E-state index contributed by atoms with van der Waals surface area (Å²) in [6.07, 6.45) is 0.833. The van der Waals surface area contributed by atoms with Crippen LogP contribution in [0.4, 0.5) is 5.69 Å². The summed E-state index contributed by atoms with van der Waals surface area (Å²) in [4.78, 5) is 1.06. The third kappa shape index (κ3) is 3.84. The van der Waals surface area contributed by atoms with Gasteiger partial charge in [0.1, 0.15) is 4.21 Å². The summed E-state index contributed by atoms with van der Waals surface area (Å²) < 4.78 is 27.9. The Hall–Kier alpha value is -1.37. The highest BCUT2D eigenvalue weighted by molar-refractivity contribution is 7.94. The Kier molecular flexibility index (Phi) is 5.03. The molecule has 4 nitrogen and oxygen atoms in total. The number of nitrogens with one attached hydrogen (secondary N) is 2. The van der Waals surface area contributed by atoms with E-state index in [9.17, 15) is 8.42 Å². The number of anilines is 1. The van der Waals surface area contributed by atoms with Crippen molar-refractivity contribution < 1.29 is 8.42 Å². The van der Waals surface area contributed by atoms with Crippen LogP contribution < -0.4 is 10.0 Å². The molecule has 0 spiro atoms. The highest BCUT2D eigenvalue weighted by Crippen LogP contribution is 2.26. The lowest BCUT2D eigenvalue weighted by molar-refractivity contribution is 0.603. The van der Waals surface area contributed by atoms with E-state index in [1.54, 1.807) is 12.1 Å². The number of hydrogen-bond acceptors (Lipinski definition) is 4. The Bertz CT molecular complexity index is 721. The quantitative estimate of drug-likeness (QED) is 0.859. The number of likely N-dealkylation sites (N-methyl/N-ethyl adjacent to an activating group) is 1. The van der Waals surface area contributed by atoms with Crippen molar-refractivity contribution in [2.75, 3.05) is 18.3 Å². The molecule has 0 unspecified atom stereocenters. The third-order valence-corrected chi connectivity index (χ3v) is 6.37. The van der Waals surface area contributed by atoms with Gasteiger partial charge in [0.25, 0.3) is 10.0 Å². The van der Waals surface area contributed by atoms with Crippen LogP contribution >= 0.6 is 11.3 Å². The normalized spacial score (nSPS) is 11.6. The summed E-state index contributed by atoms with van der Waals surface area (Å²) >= 11 is 1.32. The topological polar surface area (TPSA) is 58.2 Å². The standard InChI is InChI=1S/C15H20N2O2S2/c1-11-5-4-6-14(12(11)2)17-21(18,19)15-8-7-13(20-15)9-10-16-3/h4-8,16-17H,9-10H2,1-3H3. The van der Waals surface area contributed by atoms with E-state index >= 15 is 0 Å². The van der Waals surface area contributed by atoms with Crippen LogP contribution in [0.3, 0.4) is 0 Å². The van der Waals surface area contributed by atoms with Gasteiger partial charge in [0.2, 0.25) is 0 Å². The average Bonchev–Trinajstić information content (AvgIpc) is 2.91. The largest absolute Gasteiger partial charge is 0.319 e. The second-order valence-electron chi connectivity index (χ2n) is 4.93. The van der Waals surface area contributed by atoms with E-state index in [1.807, 2.05) is 39.1 Å². The number of aryl methyl sites for hydroxylation is 1. The van der Waals surface area contributed by atoms with Crippen LogP contribution in [0.2, 0.25) is 0 Å². The lowest BCUT2D eigenvalue weighted by atomic mass is 10.1. The van der Waals surface area contributed by atoms with E-state index in [1.165, 1.54) is 11.3 Å². The van der Waals surface area contributed by atoms with E-state index in [2.05, 4.69) is 10.0 Å². The van der Waals surface area contributed by atoms with Crippen LogP contribution in [-0.2, 0) is 16.4 Å². The van der Waals surface area contributed by atoms with Crippen LogP contribution in [0, 0.1) is 13.8 Å². The highest BCUT2D eigenvalue weighted by Gasteiger charge is 2.18. The summed E-state index contributed by atoms with van der Waals surface area (Å²) in [5, 5.41) is 3.06. The highest BCUT2D eigenvalue weighted by atomic mass is 32.2. The van der Waals surface area contributed by atoms with Crippen molar-refractivity contribution >= 4 is 27.0 Å². The van der Waals surface area contributed by atoms with Gasteiger partial charge in [-0.1, -0.05) is 12.1 Å². The fourth-order valence-electron chi connectivity index (χ4n) is 1.94. The Morgan fingerprint density at radius 2 is 1.90 bits per heavy atom. The molecule has 21 heavy (non-hydrogen) atoms. The summed E-state index contributed by atoms with van der Waals surface area (Å²) in [5.41, 5.74) is 2.66. The monoisotopic (exact) mass is 324 g/mol. The molecular weight excluding hydrogens is 304 g/mol. The van der Waals surface area contributed by atoms with Gasteiger partial charge in [0.05, 0.1) is 5.69 Å².